The lowest BCUT2D eigenvalue weighted by atomic mass is 10.1. The Morgan fingerprint density at radius 3 is 2.43 bits per heavy atom. The Bertz CT molecular complexity index is 410. The van der Waals surface area contributed by atoms with Crippen LogP contribution in [0.4, 0.5) is 0 Å². The first-order valence-electron chi connectivity index (χ1n) is 4.56. The summed E-state index contributed by atoms with van der Waals surface area (Å²) in [5.41, 5.74) is 0.817. The van der Waals surface area contributed by atoms with E-state index in [2.05, 4.69) is 0 Å². The van der Waals surface area contributed by atoms with Gasteiger partial charge in [0.05, 0.1) is 6.10 Å². The van der Waals surface area contributed by atoms with Gasteiger partial charge in [0.1, 0.15) is 5.25 Å². The van der Waals surface area contributed by atoms with E-state index in [1.54, 1.807) is 6.92 Å². The molecule has 0 saturated carbocycles. The monoisotopic (exact) mass is 212 g/mol. The summed E-state index contributed by atoms with van der Waals surface area (Å²) < 4.78 is 28.0. The highest BCUT2D eigenvalue weighted by molar-refractivity contribution is 7.87. The predicted octanol–water partition coefficient (Wildman–Crippen LogP) is 1.87. The van der Waals surface area contributed by atoms with Crippen molar-refractivity contribution in [3.05, 3.63) is 35.9 Å². The van der Waals surface area contributed by atoms with Crippen molar-refractivity contribution in [1.29, 1.82) is 0 Å². The first kappa shape index (κ1) is 9.68. The van der Waals surface area contributed by atoms with Crippen molar-refractivity contribution in [2.24, 2.45) is 0 Å². The average Bonchev–Trinajstić information content (AvgIpc) is 2.41. The van der Waals surface area contributed by atoms with Crippen LogP contribution in [-0.2, 0) is 14.3 Å². The van der Waals surface area contributed by atoms with E-state index in [0.29, 0.717) is 6.42 Å². The van der Waals surface area contributed by atoms with Crippen LogP contribution in [0.2, 0.25) is 0 Å². The van der Waals surface area contributed by atoms with Crippen LogP contribution in [0.1, 0.15) is 24.2 Å². The normalized spacial score (nSPS) is 30.4. The SMILES string of the molecule is C[C@@H]1C[C@@H](c2ccccc2)S(=O)(=O)O1. The minimum Gasteiger partial charge on any atom is -0.267 e. The van der Waals surface area contributed by atoms with E-state index in [9.17, 15) is 8.42 Å². The van der Waals surface area contributed by atoms with E-state index in [0.717, 1.165) is 5.56 Å². The number of hydrogen-bond donors (Lipinski definition) is 0. The molecule has 0 amide bonds. The summed E-state index contributed by atoms with van der Waals surface area (Å²) in [4.78, 5) is 0. The standard InChI is InChI=1S/C10H12O3S/c1-8-7-10(14(11,12)13-8)9-5-3-2-4-6-9/h2-6,8,10H,7H2,1H3/t8-,10+/m1/s1. The highest BCUT2D eigenvalue weighted by atomic mass is 32.2. The maximum atomic E-state index is 11.6. The Kier molecular flexibility index (Phi) is 2.33. The van der Waals surface area contributed by atoms with Gasteiger partial charge < -0.3 is 0 Å². The zero-order valence-electron chi connectivity index (χ0n) is 7.88. The second kappa shape index (κ2) is 3.37. The lowest BCUT2D eigenvalue weighted by Gasteiger charge is -2.06. The van der Waals surface area contributed by atoms with Crippen molar-refractivity contribution in [1.82, 2.24) is 0 Å². The summed E-state index contributed by atoms with van der Waals surface area (Å²) in [7, 11) is -3.39. The summed E-state index contributed by atoms with van der Waals surface area (Å²) in [6.07, 6.45) is 0.344. The third kappa shape index (κ3) is 1.67. The number of rotatable bonds is 1. The fraction of sp³-hybridized carbons (Fsp3) is 0.400. The molecule has 0 unspecified atom stereocenters. The lowest BCUT2D eigenvalue weighted by Crippen LogP contribution is -2.06. The van der Waals surface area contributed by atoms with Crippen LogP contribution in [0.5, 0.6) is 0 Å². The fourth-order valence-electron chi connectivity index (χ4n) is 1.73. The average molecular weight is 212 g/mol. The Morgan fingerprint density at radius 2 is 1.93 bits per heavy atom. The molecule has 0 bridgehead atoms. The van der Waals surface area contributed by atoms with Gasteiger partial charge in [-0.05, 0) is 18.9 Å². The van der Waals surface area contributed by atoms with Crippen molar-refractivity contribution in [3.8, 4) is 0 Å². The van der Waals surface area contributed by atoms with Gasteiger partial charge >= 0.3 is 0 Å². The van der Waals surface area contributed by atoms with Gasteiger partial charge in [0.25, 0.3) is 10.1 Å². The Morgan fingerprint density at radius 1 is 1.29 bits per heavy atom. The number of benzene rings is 1. The smallest absolute Gasteiger partial charge is 0.267 e. The van der Waals surface area contributed by atoms with Crippen LogP contribution < -0.4 is 0 Å². The molecule has 0 aromatic heterocycles. The summed E-state index contributed by atoms with van der Waals surface area (Å²) >= 11 is 0. The van der Waals surface area contributed by atoms with Crippen LogP contribution in [-0.4, -0.2) is 14.5 Å². The molecular weight excluding hydrogens is 200 g/mol. The fourth-order valence-corrected chi connectivity index (χ4v) is 3.39. The van der Waals surface area contributed by atoms with Crippen molar-refractivity contribution in [2.75, 3.05) is 0 Å². The minimum atomic E-state index is -3.39. The molecule has 14 heavy (non-hydrogen) atoms. The second-order valence-corrected chi connectivity index (χ2v) is 5.28. The summed E-state index contributed by atoms with van der Waals surface area (Å²) in [5.74, 6) is 0. The van der Waals surface area contributed by atoms with E-state index in [-0.39, 0.29) is 6.10 Å². The topological polar surface area (TPSA) is 43.4 Å². The third-order valence-electron chi connectivity index (χ3n) is 2.36. The zero-order chi connectivity index (χ0) is 10.2. The second-order valence-electron chi connectivity index (χ2n) is 3.53. The van der Waals surface area contributed by atoms with Gasteiger partial charge in [0.2, 0.25) is 0 Å². The Balaban J connectivity index is 2.37. The van der Waals surface area contributed by atoms with Gasteiger partial charge in [-0.25, -0.2) is 0 Å². The molecule has 1 saturated heterocycles. The molecule has 76 valence electrons. The number of hydrogen-bond acceptors (Lipinski definition) is 3. The molecule has 0 N–H and O–H groups in total. The lowest BCUT2D eigenvalue weighted by molar-refractivity contribution is 0.257. The van der Waals surface area contributed by atoms with E-state index in [1.807, 2.05) is 30.3 Å². The van der Waals surface area contributed by atoms with Crippen molar-refractivity contribution in [3.63, 3.8) is 0 Å². The van der Waals surface area contributed by atoms with Crippen molar-refractivity contribution in [2.45, 2.75) is 24.7 Å². The molecule has 1 aromatic carbocycles. The first-order valence-corrected chi connectivity index (χ1v) is 6.04. The van der Waals surface area contributed by atoms with Crippen LogP contribution in [0.25, 0.3) is 0 Å². The van der Waals surface area contributed by atoms with E-state index in [4.69, 9.17) is 4.18 Å². The Labute approximate surface area is 83.8 Å². The molecule has 0 spiro atoms. The molecule has 0 aliphatic carbocycles. The molecule has 2 rings (SSSR count). The summed E-state index contributed by atoms with van der Waals surface area (Å²) in [5, 5.41) is -0.487. The molecule has 1 aromatic rings. The van der Waals surface area contributed by atoms with Gasteiger partial charge in [-0.1, -0.05) is 30.3 Å². The molecule has 4 heteroatoms. The van der Waals surface area contributed by atoms with Gasteiger partial charge in [-0.3, -0.25) is 4.18 Å². The summed E-state index contributed by atoms with van der Waals surface area (Å²) in [6.45, 7) is 1.78. The Hall–Kier alpha value is -0.870. The molecule has 1 heterocycles. The van der Waals surface area contributed by atoms with Crippen LogP contribution in [0, 0.1) is 0 Å². The zero-order valence-corrected chi connectivity index (χ0v) is 8.70. The molecule has 1 aliphatic heterocycles. The highest BCUT2D eigenvalue weighted by Gasteiger charge is 2.38. The molecule has 2 atom stereocenters. The molecule has 3 nitrogen and oxygen atoms in total. The molecule has 1 fully saturated rings. The first-order chi connectivity index (χ1) is 6.59. The van der Waals surface area contributed by atoms with Crippen LogP contribution >= 0.6 is 0 Å². The highest BCUT2D eigenvalue weighted by Crippen LogP contribution is 2.36. The maximum Gasteiger partial charge on any atom is 0.274 e. The predicted molar refractivity (Wildman–Crippen MR) is 53.3 cm³/mol. The van der Waals surface area contributed by atoms with E-state index in [1.165, 1.54) is 0 Å². The van der Waals surface area contributed by atoms with E-state index >= 15 is 0 Å². The van der Waals surface area contributed by atoms with Gasteiger partial charge in [0, 0.05) is 0 Å². The molecule has 1 aliphatic rings. The molecular formula is C10H12O3S. The maximum absolute atomic E-state index is 11.6. The van der Waals surface area contributed by atoms with Gasteiger partial charge in [0.15, 0.2) is 0 Å². The van der Waals surface area contributed by atoms with Gasteiger partial charge in [-0.2, -0.15) is 8.42 Å². The van der Waals surface area contributed by atoms with E-state index < -0.39 is 15.4 Å². The minimum absolute atomic E-state index is 0.204. The summed E-state index contributed by atoms with van der Waals surface area (Å²) in [6, 6.07) is 9.20. The molecule has 0 radical (unpaired) electrons. The van der Waals surface area contributed by atoms with Crippen molar-refractivity contribution >= 4 is 10.1 Å². The van der Waals surface area contributed by atoms with Crippen LogP contribution in [0.3, 0.4) is 0 Å². The largest absolute Gasteiger partial charge is 0.274 e. The third-order valence-corrected chi connectivity index (χ3v) is 4.12. The quantitative estimate of drug-likeness (QED) is 0.667. The van der Waals surface area contributed by atoms with Crippen molar-refractivity contribution < 1.29 is 12.6 Å². The van der Waals surface area contributed by atoms with Gasteiger partial charge in [-0.15, -0.1) is 0 Å². The van der Waals surface area contributed by atoms with Crippen LogP contribution in [0.15, 0.2) is 30.3 Å².